The fourth-order valence-corrected chi connectivity index (χ4v) is 5.39. The SMILES string of the molecule is CN(CC(=O)Nc1nc(-c2ccc3c(c2)CCC3)cs1)S(=O)(=O)c1ccc(C#N)cc1. The topological polar surface area (TPSA) is 103 Å². The zero-order valence-electron chi connectivity index (χ0n) is 16.8. The number of anilines is 1. The van der Waals surface area contributed by atoms with Crippen LogP contribution in [-0.2, 0) is 27.7 Å². The van der Waals surface area contributed by atoms with E-state index < -0.39 is 15.9 Å². The van der Waals surface area contributed by atoms with Crippen LogP contribution in [0.15, 0.2) is 52.7 Å². The van der Waals surface area contributed by atoms with Gasteiger partial charge in [-0.05, 0) is 60.7 Å². The molecule has 2 aromatic carbocycles. The number of nitrogens with one attached hydrogen (secondary N) is 1. The number of hydrogen-bond acceptors (Lipinski definition) is 6. The van der Waals surface area contributed by atoms with Gasteiger partial charge in [-0.25, -0.2) is 13.4 Å². The minimum absolute atomic E-state index is 0.0231. The summed E-state index contributed by atoms with van der Waals surface area (Å²) in [6.45, 7) is -0.351. The molecule has 0 unspecified atom stereocenters. The summed E-state index contributed by atoms with van der Waals surface area (Å²) < 4.78 is 26.3. The molecule has 1 aromatic heterocycles. The third-order valence-corrected chi connectivity index (χ3v) is 7.78. The van der Waals surface area contributed by atoms with Gasteiger partial charge in [-0.1, -0.05) is 12.1 Å². The Morgan fingerprint density at radius 1 is 1.19 bits per heavy atom. The van der Waals surface area contributed by atoms with Gasteiger partial charge in [0, 0.05) is 18.0 Å². The molecule has 0 saturated carbocycles. The summed E-state index contributed by atoms with van der Waals surface area (Å²) in [4.78, 5) is 16.9. The number of rotatable bonds is 6. The van der Waals surface area contributed by atoms with Gasteiger partial charge in [-0.15, -0.1) is 11.3 Å². The van der Waals surface area contributed by atoms with Gasteiger partial charge in [0.25, 0.3) is 0 Å². The van der Waals surface area contributed by atoms with Gasteiger partial charge < -0.3 is 5.32 Å². The lowest BCUT2D eigenvalue weighted by atomic mass is 10.1. The van der Waals surface area contributed by atoms with Crippen molar-refractivity contribution >= 4 is 32.4 Å². The quantitative estimate of drug-likeness (QED) is 0.617. The average molecular weight is 453 g/mol. The molecule has 0 radical (unpaired) electrons. The molecule has 3 aromatic rings. The van der Waals surface area contributed by atoms with E-state index in [0.717, 1.165) is 28.4 Å². The summed E-state index contributed by atoms with van der Waals surface area (Å²) in [5.41, 5.74) is 4.90. The molecular weight excluding hydrogens is 432 g/mol. The molecule has 0 spiro atoms. The molecular formula is C22H20N4O3S2. The van der Waals surface area contributed by atoms with Crippen LogP contribution in [0.2, 0.25) is 0 Å². The van der Waals surface area contributed by atoms with Crippen molar-refractivity contribution in [2.75, 3.05) is 18.9 Å². The predicted octanol–water partition coefficient (Wildman–Crippen LogP) is 3.43. The Kier molecular flexibility index (Phi) is 5.87. The van der Waals surface area contributed by atoms with Gasteiger partial charge >= 0.3 is 0 Å². The maximum absolute atomic E-state index is 12.7. The van der Waals surface area contributed by atoms with Crippen molar-refractivity contribution in [2.45, 2.75) is 24.2 Å². The maximum Gasteiger partial charge on any atom is 0.243 e. The molecule has 31 heavy (non-hydrogen) atoms. The minimum atomic E-state index is -3.85. The van der Waals surface area contributed by atoms with E-state index in [2.05, 4.69) is 22.4 Å². The number of fused-ring (bicyclic) bond motifs is 1. The normalized spacial score (nSPS) is 13.1. The fraction of sp³-hybridized carbons (Fsp3) is 0.227. The van der Waals surface area contributed by atoms with E-state index in [0.29, 0.717) is 10.7 Å². The minimum Gasteiger partial charge on any atom is -0.301 e. The molecule has 4 rings (SSSR count). The fourth-order valence-electron chi connectivity index (χ4n) is 3.52. The molecule has 0 saturated heterocycles. The first kappa shape index (κ1) is 21.2. The third kappa shape index (κ3) is 4.51. The summed E-state index contributed by atoms with van der Waals surface area (Å²) in [6.07, 6.45) is 3.37. The molecule has 0 atom stereocenters. The summed E-state index contributed by atoms with van der Waals surface area (Å²) in [7, 11) is -2.51. The van der Waals surface area contributed by atoms with Crippen molar-refractivity contribution in [1.82, 2.24) is 9.29 Å². The number of nitriles is 1. The van der Waals surface area contributed by atoms with E-state index in [4.69, 9.17) is 5.26 Å². The van der Waals surface area contributed by atoms with E-state index in [9.17, 15) is 13.2 Å². The van der Waals surface area contributed by atoms with E-state index in [1.807, 2.05) is 17.5 Å². The number of thiazole rings is 1. The van der Waals surface area contributed by atoms with Crippen LogP contribution < -0.4 is 5.32 Å². The van der Waals surface area contributed by atoms with E-state index in [1.165, 1.54) is 60.2 Å². The lowest BCUT2D eigenvalue weighted by molar-refractivity contribution is -0.116. The molecule has 0 fully saturated rings. The van der Waals surface area contributed by atoms with Crippen molar-refractivity contribution in [3.05, 3.63) is 64.5 Å². The Bertz CT molecular complexity index is 1270. The largest absolute Gasteiger partial charge is 0.301 e. The van der Waals surface area contributed by atoms with Crippen molar-refractivity contribution in [3.8, 4) is 17.3 Å². The van der Waals surface area contributed by atoms with Crippen molar-refractivity contribution in [3.63, 3.8) is 0 Å². The molecule has 0 bridgehead atoms. The highest BCUT2D eigenvalue weighted by atomic mass is 32.2. The Hall–Kier alpha value is -3.06. The Morgan fingerprint density at radius 2 is 1.94 bits per heavy atom. The first-order valence-electron chi connectivity index (χ1n) is 9.71. The van der Waals surface area contributed by atoms with Gasteiger partial charge in [0.1, 0.15) is 0 Å². The molecule has 7 nitrogen and oxygen atoms in total. The van der Waals surface area contributed by atoms with Gasteiger partial charge in [0.15, 0.2) is 5.13 Å². The molecule has 9 heteroatoms. The molecule has 1 amide bonds. The van der Waals surface area contributed by atoms with Crippen LogP contribution in [0, 0.1) is 11.3 Å². The number of aryl methyl sites for hydroxylation is 2. The summed E-state index contributed by atoms with van der Waals surface area (Å²) >= 11 is 1.30. The average Bonchev–Trinajstić information content (AvgIpc) is 3.42. The van der Waals surface area contributed by atoms with E-state index in [-0.39, 0.29) is 11.4 Å². The second kappa shape index (κ2) is 8.59. The standard InChI is InChI=1S/C22H20N4O3S2/c1-26(31(28,29)19-9-5-15(12-23)6-10-19)13-21(27)25-22-24-20(14-30-22)18-8-7-16-3-2-4-17(16)11-18/h5-11,14H,2-4,13H2,1H3,(H,24,25,27). The number of hydrogen-bond donors (Lipinski definition) is 1. The summed E-state index contributed by atoms with van der Waals surface area (Å²) in [5, 5.41) is 13.8. The first-order valence-corrected chi connectivity index (χ1v) is 12.0. The zero-order valence-corrected chi connectivity index (χ0v) is 18.5. The first-order chi connectivity index (χ1) is 14.9. The molecule has 0 aliphatic heterocycles. The number of sulfonamides is 1. The maximum atomic E-state index is 12.7. The van der Waals surface area contributed by atoms with E-state index >= 15 is 0 Å². The predicted molar refractivity (Wildman–Crippen MR) is 119 cm³/mol. The van der Waals surface area contributed by atoms with Crippen LogP contribution >= 0.6 is 11.3 Å². The van der Waals surface area contributed by atoms with Gasteiger partial charge in [-0.3, -0.25) is 4.79 Å². The molecule has 1 N–H and O–H groups in total. The van der Waals surface area contributed by atoms with Crippen LogP contribution in [-0.4, -0.2) is 37.2 Å². The molecule has 1 aliphatic carbocycles. The lowest BCUT2D eigenvalue weighted by Gasteiger charge is -2.16. The van der Waals surface area contributed by atoms with Gasteiger partial charge in [0.05, 0.1) is 28.8 Å². The number of likely N-dealkylation sites (N-methyl/N-ethyl adjacent to an activating group) is 1. The second-order valence-electron chi connectivity index (χ2n) is 7.32. The van der Waals surface area contributed by atoms with Gasteiger partial charge in [-0.2, -0.15) is 9.57 Å². The van der Waals surface area contributed by atoms with Crippen molar-refractivity contribution < 1.29 is 13.2 Å². The van der Waals surface area contributed by atoms with Crippen molar-refractivity contribution in [1.29, 1.82) is 5.26 Å². The highest BCUT2D eigenvalue weighted by Gasteiger charge is 2.23. The number of benzene rings is 2. The Labute approximate surface area is 185 Å². The van der Waals surface area contributed by atoms with Crippen LogP contribution in [0.5, 0.6) is 0 Å². The molecule has 1 aliphatic rings. The van der Waals surface area contributed by atoms with Crippen LogP contribution in [0.4, 0.5) is 5.13 Å². The molecule has 1 heterocycles. The smallest absolute Gasteiger partial charge is 0.243 e. The Balaban J connectivity index is 1.41. The number of carbonyl (C=O) groups is 1. The second-order valence-corrected chi connectivity index (χ2v) is 10.2. The summed E-state index contributed by atoms with van der Waals surface area (Å²) in [6, 6.07) is 13.8. The highest BCUT2D eigenvalue weighted by Crippen LogP contribution is 2.30. The van der Waals surface area contributed by atoms with E-state index in [1.54, 1.807) is 0 Å². The summed E-state index contributed by atoms with van der Waals surface area (Å²) in [5.74, 6) is -0.477. The number of carbonyl (C=O) groups excluding carboxylic acids is 1. The number of amides is 1. The highest BCUT2D eigenvalue weighted by molar-refractivity contribution is 7.89. The molecule has 158 valence electrons. The lowest BCUT2D eigenvalue weighted by Crippen LogP contribution is -2.34. The third-order valence-electron chi connectivity index (χ3n) is 5.20. The van der Waals surface area contributed by atoms with Gasteiger partial charge in [0.2, 0.25) is 15.9 Å². The monoisotopic (exact) mass is 452 g/mol. The van der Waals surface area contributed by atoms with Crippen LogP contribution in [0.3, 0.4) is 0 Å². The zero-order chi connectivity index (χ0) is 22.0. The number of nitrogens with zero attached hydrogens (tertiary/aromatic N) is 3. The van der Waals surface area contributed by atoms with Crippen molar-refractivity contribution in [2.24, 2.45) is 0 Å². The number of aromatic nitrogens is 1. The van der Waals surface area contributed by atoms with Crippen LogP contribution in [0.1, 0.15) is 23.1 Å². The Morgan fingerprint density at radius 3 is 2.68 bits per heavy atom. The van der Waals surface area contributed by atoms with Crippen LogP contribution in [0.25, 0.3) is 11.3 Å².